The van der Waals surface area contributed by atoms with Crippen LogP contribution in [0.25, 0.3) is 0 Å². The van der Waals surface area contributed by atoms with E-state index in [0.717, 1.165) is 11.3 Å². The summed E-state index contributed by atoms with van der Waals surface area (Å²) >= 11 is 0. The van der Waals surface area contributed by atoms with Crippen molar-refractivity contribution in [1.29, 1.82) is 0 Å². The number of methoxy groups -OCH3 is 1. The molecule has 0 saturated carbocycles. The van der Waals surface area contributed by atoms with Crippen LogP contribution in [0.1, 0.15) is 18.9 Å². The lowest BCUT2D eigenvalue weighted by Crippen LogP contribution is -2.56. The molecule has 3 rings (SSSR count). The van der Waals surface area contributed by atoms with Crippen molar-refractivity contribution in [3.8, 4) is 0 Å². The molecule has 0 bridgehead atoms. The molecule has 176 valence electrons. The van der Waals surface area contributed by atoms with Gasteiger partial charge in [0.1, 0.15) is 18.6 Å². The Balaban J connectivity index is 1.85. The second-order valence-corrected chi connectivity index (χ2v) is 7.92. The van der Waals surface area contributed by atoms with E-state index < -0.39 is 24.0 Å². The van der Waals surface area contributed by atoms with Crippen LogP contribution in [0.5, 0.6) is 0 Å². The molecule has 2 atom stereocenters. The maximum absolute atomic E-state index is 13.6. The van der Waals surface area contributed by atoms with Crippen LogP contribution in [0, 0.1) is 0 Å². The van der Waals surface area contributed by atoms with Crippen LogP contribution in [0.15, 0.2) is 54.6 Å². The minimum atomic E-state index is -0.725. The molecule has 0 aromatic heterocycles. The average Bonchev–Trinajstić information content (AvgIpc) is 2.93. The van der Waals surface area contributed by atoms with E-state index in [0.29, 0.717) is 25.1 Å². The van der Waals surface area contributed by atoms with Gasteiger partial charge in [-0.2, -0.15) is 0 Å². The van der Waals surface area contributed by atoms with Gasteiger partial charge in [-0.05, 0) is 37.5 Å². The van der Waals surface area contributed by atoms with Crippen molar-refractivity contribution in [2.24, 2.45) is 0 Å². The van der Waals surface area contributed by atoms with Crippen LogP contribution in [0.3, 0.4) is 0 Å². The SMILES string of the molecule is CCOC(=O)C(CCc1ccccc1)NC1CN(C)c2ccccc2N(CC(=O)OC)C1=O. The van der Waals surface area contributed by atoms with Gasteiger partial charge in [-0.15, -0.1) is 0 Å². The van der Waals surface area contributed by atoms with Gasteiger partial charge in [-0.25, -0.2) is 0 Å². The highest BCUT2D eigenvalue weighted by Crippen LogP contribution is 2.32. The number of carbonyl (C=O) groups is 3. The van der Waals surface area contributed by atoms with Gasteiger partial charge in [0.25, 0.3) is 0 Å². The van der Waals surface area contributed by atoms with Gasteiger partial charge in [0.05, 0.1) is 25.1 Å². The molecular formula is C25H31N3O5. The fraction of sp³-hybridized carbons (Fsp3) is 0.400. The highest BCUT2D eigenvalue weighted by molar-refractivity contribution is 6.05. The van der Waals surface area contributed by atoms with Crippen molar-refractivity contribution in [3.05, 3.63) is 60.2 Å². The highest BCUT2D eigenvalue weighted by Gasteiger charge is 2.36. The lowest BCUT2D eigenvalue weighted by atomic mass is 10.0. The molecule has 1 amide bonds. The Hall–Kier alpha value is -3.39. The topological polar surface area (TPSA) is 88.2 Å². The number of hydrogen-bond acceptors (Lipinski definition) is 7. The molecule has 0 saturated heterocycles. The lowest BCUT2D eigenvalue weighted by molar-refractivity contribution is -0.146. The first-order chi connectivity index (χ1) is 15.9. The van der Waals surface area contributed by atoms with Crippen LogP contribution < -0.4 is 15.1 Å². The fourth-order valence-corrected chi connectivity index (χ4v) is 3.96. The first-order valence-electron chi connectivity index (χ1n) is 11.1. The second-order valence-electron chi connectivity index (χ2n) is 7.92. The maximum atomic E-state index is 13.6. The van der Waals surface area contributed by atoms with E-state index in [1.165, 1.54) is 12.0 Å². The molecule has 0 aliphatic carbocycles. The molecule has 2 unspecified atom stereocenters. The third-order valence-electron chi connectivity index (χ3n) is 5.66. The number of likely N-dealkylation sites (N-methyl/N-ethyl adjacent to an activating group) is 1. The number of nitrogens with one attached hydrogen (secondary N) is 1. The lowest BCUT2D eigenvalue weighted by Gasteiger charge is -2.27. The number of amides is 1. The Morgan fingerprint density at radius 3 is 2.42 bits per heavy atom. The zero-order valence-electron chi connectivity index (χ0n) is 19.3. The number of carbonyl (C=O) groups excluding carboxylic acids is 3. The first kappa shape index (κ1) is 24.3. The summed E-state index contributed by atoms with van der Waals surface area (Å²) in [6, 6.07) is 15.8. The van der Waals surface area contributed by atoms with Gasteiger partial charge in [-0.1, -0.05) is 42.5 Å². The summed E-state index contributed by atoms with van der Waals surface area (Å²) in [5.74, 6) is -1.22. The Kier molecular flexibility index (Phi) is 8.43. The third kappa shape index (κ3) is 6.10. The number of nitrogens with zero attached hydrogens (tertiary/aromatic N) is 2. The van der Waals surface area contributed by atoms with E-state index in [4.69, 9.17) is 9.47 Å². The van der Waals surface area contributed by atoms with Crippen molar-refractivity contribution < 1.29 is 23.9 Å². The summed E-state index contributed by atoms with van der Waals surface area (Å²) in [4.78, 5) is 41.8. The molecule has 0 spiro atoms. The summed E-state index contributed by atoms with van der Waals surface area (Å²) in [6.45, 7) is 2.12. The Bertz CT molecular complexity index is 966. The van der Waals surface area contributed by atoms with Crippen molar-refractivity contribution in [1.82, 2.24) is 5.32 Å². The monoisotopic (exact) mass is 453 g/mol. The Labute approximate surface area is 194 Å². The third-order valence-corrected chi connectivity index (χ3v) is 5.66. The molecule has 1 heterocycles. The molecule has 1 aliphatic rings. The van der Waals surface area contributed by atoms with Gasteiger partial charge in [0, 0.05) is 13.6 Å². The number of ether oxygens (including phenoxy) is 2. The van der Waals surface area contributed by atoms with Gasteiger partial charge in [0.2, 0.25) is 5.91 Å². The van der Waals surface area contributed by atoms with Crippen molar-refractivity contribution in [2.75, 3.05) is 43.7 Å². The van der Waals surface area contributed by atoms with Crippen molar-refractivity contribution >= 4 is 29.2 Å². The number of para-hydroxylation sites is 2. The first-order valence-corrected chi connectivity index (χ1v) is 11.1. The van der Waals surface area contributed by atoms with Gasteiger partial charge in [0.15, 0.2) is 0 Å². The summed E-state index contributed by atoms with van der Waals surface area (Å²) < 4.78 is 10.1. The predicted molar refractivity (Wildman–Crippen MR) is 126 cm³/mol. The average molecular weight is 454 g/mol. The number of esters is 2. The largest absolute Gasteiger partial charge is 0.468 e. The number of benzene rings is 2. The number of hydrogen-bond donors (Lipinski definition) is 1. The molecule has 2 aromatic carbocycles. The molecule has 0 radical (unpaired) electrons. The molecule has 2 aromatic rings. The summed E-state index contributed by atoms with van der Waals surface area (Å²) in [5.41, 5.74) is 2.53. The number of aryl methyl sites for hydroxylation is 1. The smallest absolute Gasteiger partial charge is 0.325 e. The van der Waals surface area contributed by atoms with E-state index in [2.05, 4.69) is 5.32 Å². The summed E-state index contributed by atoms with van der Waals surface area (Å²) in [7, 11) is 3.17. The molecule has 8 heteroatoms. The number of anilines is 2. The Morgan fingerprint density at radius 1 is 1.09 bits per heavy atom. The van der Waals surface area contributed by atoms with E-state index in [-0.39, 0.29) is 19.1 Å². The molecule has 8 nitrogen and oxygen atoms in total. The molecular weight excluding hydrogens is 422 g/mol. The number of fused-ring (bicyclic) bond motifs is 1. The van der Waals surface area contributed by atoms with E-state index in [1.54, 1.807) is 13.0 Å². The highest BCUT2D eigenvalue weighted by atomic mass is 16.5. The van der Waals surface area contributed by atoms with Gasteiger partial charge < -0.3 is 14.4 Å². The number of rotatable bonds is 9. The quantitative estimate of drug-likeness (QED) is 0.582. The minimum Gasteiger partial charge on any atom is -0.468 e. The molecule has 1 aliphatic heterocycles. The molecule has 0 fully saturated rings. The molecule has 33 heavy (non-hydrogen) atoms. The standard InChI is InChI=1S/C25H31N3O5/c1-4-33-25(31)19(15-14-18-10-6-5-7-11-18)26-20-16-27(2)21-12-8-9-13-22(21)28(24(20)30)17-23(29)32-3/h5-13,19-20,26H,4,14-17H2,1-3H3. The van der Waals surface area contributed by atoms with Crippen molar-refractivity contribution in [2.45, 2.75) is 31.8 Å². The van der Waals surface area contributed by atoms with Crippen LogP contribution in [-0.2, 0) is 30.3 Å². The predicted octanol–water partition coefficient (Wildman–Crippen LogP) is 2.17. The van der Waals surface area contributed by atoms with Crippen LogP contribution in [0.4, 0.5) is 11.4 Å². The zero-order valence-corrected chi connectivity index (χ0v) is 19.3. The molecule has 1 N–H and O–H groups in total. The van der Waals surface area contributed by atoms with E-state index >= 15 is 0 Å². The summed E-state index contributed by atoms with van der Waals surface area (Å²) in [6.07, 6.45) is 1.13. The van der Waals surface area contributed by atoms with E-state index in [9.17, 15) is 14.4 Å². The van der Waals surface area contributed by atoms with Gasteiger partial charge in [-0.3, -0.25) is 24.6 Å². The van der Waals surface area contributed by atoms with E-state index in [1.807, 2.05) is 60.5 Å². The van der Waals surface area contributed by atoms with Crippen LogP contribution >= 0.6 is 0 Å². The van der Waals surface area contributed by atoms with Gasteiger partial charge >= 0.3 is 11.9 Å². The fourth-order valence-electron chi connectivity index (χ4n) is 3.96. The normalized spacial score (nSPS) is 16.6. The zero-order chi connectivity index (χ0) is 23.8. The van der Waals surface area contributed by atoms with Crippen LogP contribution in [-0.4, -0.2) is 63.8 Å². The minimum absolute atomic E-state index is 0.216. The van der Waals surface area contributed by atoms with Crippen LogP contribution in [0.2, 0.25) is 0 Å². The van der Waals surface area contributed by atoms with Crippen molar-refractivity contribution in [3.63, 3.8) is 0 Å². The summed E-state index contributed by atoms with van der Waals surface area (Å²) in [5, 5.41) is 3.23. The maximum Gasteiger partial charge on any atom is 0.325 e. The Morgan fingerprint density at radius 2 is 1.76 bits per heavy atom. The second kappa shape index (κ2) is 11.5.